The summed E-state index contributed by atoms with van der Waals surface area (Å²) in [7, 11) is -3.52. The average molecular weight is 529 g/mol. The van der Waals surface area contributed by atoms with Crippen molar-refractivity contribution in [2.75, 3.05) is 30.0 Å². The van der Waals surface area contributed by atoms with Crippen molar-refractivity contribution >= 4 is 69.3 Å². The van der Waals surface area contributed by atoms with Gasteiger partial charge in [-0.25, -0.2) is 15.0 Å². The summed E-state index contributed by atoms with van der Waals surface area (Å²) in [4.78, 5) is 25.1. The van der Waals surface area contributed by atoms with Gasteiger partial charge in [0.1, 0.15) is 24.1 Å². The van der Waals surface area contributed by atoms with Crippen LogP contribution in [0.4, 0.5) is 17.3 Å². The minimum Gasteiger partial charge on any atom is -0.340 e. The van der Waals surface area contributed by atoms with Crippen molar-refractivity contribution < 1.29 is 18.4 Å². The standard InChI is InChI=1S/C19H20BrClN5O4P/c1-3-29-31(28,30-4-2)10-18(27)26-17-8-13-16(9-22-17)23-11-24-19(13)25-12-5-6-14(20)15(21)7-12/h5-9,11H,3-4,10H2,1-2H3,(H,22,26,27)(H,23,24,25). The van der Waals surface area contributed by atoms with E-state index in [1.807, 2.05) is 12.1 Å². The van der Waals surface area contributed by atoms with Gasteiger partial charge in [0.15, 0.2) is 0 Å². The molecular weight excluding hydrogens is 509 g/mol. The molecule has 0 atom stereocenters. The lowest BCUT2D eigenvalue weighted by atomic mass is 10.2. The van der Waals surface area contributed by atoms with Crippen LogP contribution in [0.5, 0.6) is 0 Å². The number of anilines is 3. The molecule has 0 aliphatic carbocycles. The van der Waals surface area contributed by atoms with Crippen LogP contribution in [0.3, 0.4) is 0 Å². The third kappa shape index (κ3) is 6.21. The molecule has 1 aromatic carbocycles. The summed E-state index contributed by atoms with van der Waals surface area (Å²) in [5.41, 5.74) is 1.30. The molecule has 0 bridgehead atoms. The van der Waals surface area contributed by atoms with Gasteiger partial charge in [-0.3, -0.25) is 9.36 Å². The molecule has 0 fully saturated rings. The third-order valence-electron chi connectivity index (χ3n) is 3.96. The number of rotatable bonds is 9. The van der Waals surface area contributed by atoms with Gasteiger partial charge in [0.25, 0.3) is 0 Å². The van der Waals surface area contributed by atoms with Crippen molar-refractivity contribution in [2.24, 2.45) is 0 Å². The van der Waals surface area contributed by atoms with E-state index in [0.29, 0.717) is 21.7 Å². The van der Waals surface area contributed by atoms with E-state index in [0.717, 1.165) is 10.2 Å². The summed E-state index contributed by atoms with van der Waals surface area (Å²) in [6, 6.07) is 7.04. The molecule has 2 heterocycles. The van der Waals surface area contributed by atoms with E-state index in [1.165, 1.54) is 12.5 Å². The van der Waals surface area contributed by atoms with Crippen LogP contribution in [-0.2, 0) is 18.4 Å². The van der Waals surface area contributed by atoms with E-state index in [4.69, 9.17) is 20.6 Å². The van der Waals surface area contributed by atoms with Crippen LogP contribution in [0.25, 0.3) is 10.9 Å². The van der Waals surface area contributed by atoms with Gasteiger partial charge in [0.2, 0.25) is 5.91 Å². The SMILES string of the molecule is CCOP(=O)(CC(=O)Nc1cc2c(Nc3ccc(Br)c(Cl)c3)ncnc2cn1)OCC. The molecule has 31 heavy (non-hydrogen) atoms. The molecule has 1 amide bonds. The van der Waals surface area contributed by atoms with Crippen molar-refractivity contribution in [1.82, 2.24) is 15.0 Å². The molecule has 3 aromatic rings. The Balaban J connectivity index is 1.83. The van der Waals surface area contributed by atoms with Crippen molar-refractivity contribution in [1.29, 1.82) is 0 Å². The number of carbonyl (C=O) groups is 1. The fourth-order valence-corrected chi connectivity index (χ4v) is 4.62. The summed E-state index contributed by atoms with van der Waals surface area (Å²) in [6.07, 6.45) is 2.50. The molecule has 0 aliphatic rings. The normalized spacial score (nSPS) is 11.5. The van der Waals surface area contributed by atoms with E-state index in [-0.39, 0.29) is 19.0 Å². The van der Waals surface area contributed by atoms with Crippen LogP contribution in [-0.4, -0.2) is 40.2 Å². The number of nitrogens with zero attached hydrogens (tertiary/aromatic N) is 3. The maximum absolute atomic E-state index is 12.6. The predicted octanol–water partition coefficient (Wildman–Crippen LogP) is 5.39. The summed E-state index contributed by atoms with van der Waals surface area (Å²) < 4.78 is 23.7. The van der Waals surface area contributed by atoms with Gasteiger partial charge >= 0.3 is 7.60 Å². The van der Waals surface area contributed by atoms with Crippen molar-refractivity contribution in [3.05, 3.63) is 46.3 Å². The Bertz CT molecular complexity index is 1140. The number of benzene rings is 1. The lowest BCUT2D eigenvalue weighted by Crippen LogP contribution is -2.19. The van der Waals surface area contributed by atoms with Crippen LogP contribution < -0.4 is 10.6 Å². The van der Waals surface area contributed by atoms with Gasteiger partial charge in [0.05, 0.1) is 29.9 Å². The number of carbonyl (C=O) groups excluding carboxylic acids is 1. The molecule has 0 unspecified atom stereocenters. The maximum atomic E-state index is 12.6. The molecular formula is C19H20BrClN5O4P. The molecule has 0 radical (unpaired) electrons. The van der Waals surface area contributed by atoms with Gasteiger partial charge in [-0.2, -0.15) is 0 Å². The Morgan fingerprint density at radius 2 is 1.90 bits per heavy atom. The maximum Gasteiger partial charge on any atom is 0.340 e. The lowest BCUT2D eigenvalue weighted by molar-refractivity contribution is -0.114. The van der Waals surface area contributed by atoms with Gasteiger partial charge < -0.3 is 19.7 Å². The van der Waals surface area contributed by atoms with Gasteiger partial charge in [0, 0.05) is 15.5 Å². The molecule has 2 aromatic heterocycles. The van der Waals surface area contributed by atoms with Crippen molar-refractivity contribution in [2.45, 2.75) is 13.8 Å². The first-order chi connectivity index (χ1) is 14.8. The zero-order valence-corrected chi connectivity index (χ0v) is 20.0. The predicted molar refractivity (Wildman–Crippen MR) is 124 cm³/mol. The second-order valence-electron chi connectivity index (χ2n) is 6.22. The largest absolute Gasteiger partial charge is 0.340 e. The first-order valence-corrected chi connectivity index (χ1v) is 12.2. The van der Waals surface area contributed by atoms with Crippen LogP contribution >= 0.6 is 35.1 Å². The molecule has 0 saturated carbocycles. The smallest absolute Gasteiger partial charge is 0.340 e. The Morgan fingerprint density at radius 3 is 2.58 bits per heavy atom. The van der Waals surface area contributed by atoms with Crippen LogP contribution in [0.1, 0.15) is 13.8 Å². The number of nitrogens with one attached hydrogen (secondary N) is 2. The Hall–Kier alpha value is -2.10. The lowest BCUT2D eigenvalue weighted by Gasteiger charge is -2.16. The monoisotopic (exact) mass is 527 g/mol. The Labute approximate surface area is 192 Å². The van der Waals surface area contributed by atoms with Gasteiger partial charge in [-0.05, 0) is 54.0 Å². The first kappa shape index (κ1) is 23.6. The van der Waals surface area contributed by atoms with Gasteiger partial charge in [-0.15, -0.1) is 0 Å². The number of fused-ring (bicyclic) bond motifs is 1. The second kappa shape index (κ2) is 10.5. The highest BCUT2D eigenvalue weighted by Crippen LogP contribution is 2.47. The van der Waals surface area contributed by atoms with Crippen LogP contribution in [0.15, 0.2) is 41.3 Å². The topological polar surface area (TPSA) is 115 Å². The van der Waals surface area contributed by atoms with Crippen LogP contribution in [0.2, 0.25) is 5.02 Å². The van der Waals surface area contributed by atoms with Crippen molar-refractivity contribution in [3.63, 3.8) is 0 Å². The minimum absolute atomic E-state index is 0.172. The quantitative estimate of drug-likeness (QED) is 0.355. The molecule has 3 rings (SSSR count). The molecule has 2 N–H and O–H groups in total. The van der Waals surface area contributed by atoms with E-state index in [1.54, 1.807) is 26.0 Å². The first-order valence-electron chi connectivity index (χ1n) is 9.34. The number of amides is 1. The fourth-order valence-electron chi connectivity index (χ4n) is 2.72. The highest BCUT2D eigenvalue weighted by atomic mass is 79.9. The zero-order valence-electron chi connectivity index (χ0n) is 16.8. The van der Waals surface area contributed by atoms with E-state index in [9.17, 15) is 9.36 Å². The van der Waals surface area contributed by atoms with Gasteiger partial charge in [-0.1, -0.05) is 11.6 Å². The molecule has 0 aliphatic heterocycles. The number of halogens is 2. The third-order valence-corrected chi connectivity index (χ3v) is 7.17. The summed E-state index contributed by atoms with van der Waals surface area (Å²) in [5, 5.41) is 6.98. The molecule has 0 saturated heterocycles. The zero-order chi connectivity index (χ0) is 22.4. The summed E-state index contributed by atoms with van der Waals surface area (Å²) in [6.45, 7) is 3.71. The minimum atomic E-state index is -3.52. The molecule has 9 nitrogen and oxygen atoms in total. The summed E-state index contributed by atoms with van der Waals surface area (Å²) in [5.74, 6) is 0.225. The van der Waals surface area contributed by atoms with Crippen molar-refractivity contribution in [3.8, 4) is 0 Å². The summed E-state index contributed by atoms with van der Waals surface area (Å²) >= 11 is 9.51. The number of pyridine rings is 1. The highest BCUT2D eigenvalue weighted by Gasteiger charge is 2.27. The number of aromatic nitrogens is 3. The van der Waals surface area contributed by atoms with E-state index in [2.05, 4.69) is 41.5 Å². The second-order valence-corrected chi connectivity index (χ2v) is 9.53. The Morgan fingerprint density at radius 1 is 1.16 bits per heavy atom. The number of hydrogen-bond donors (Lipinski definition) is 2. The molecule has 0 spiro atoms. The Kier molecular flexibility index (Phi) is 7.96. The fraction of sp³-hybridized carbons (Fsp3) is 0.263. The highest BCUT2D eigenvalue weighted by molar-refractivity contribution is 9.10. The van der Waals surface area contributed by atoms with E-state index < -0.39 is 19.7 Å². The molecule has 164 valence electrons. The molecule has 12 heteroatoms. The average Bonchev–Trinajstić information content (AvgIpc) is 2.71. The van der Waals surface area contributed by atoms with E-state index >= 15 is 0 Å². The number of hydrogen-bond acceptors (Lipinski definition) is 8. The van der Waals surface area contributed by atoms with Crippen LogP contribution in [0, 0.1) is 0 Å².